The number of carbonyl (C=O) groups is 1. The van der Waals surface area contributed by atoms with Crippen LogP contribution in [0.25, 0.3) is 0 Å². The van der Waals surface area contributed by atoms with E-state index in [1.807, 2.05) is 13.8 Å². The van der Waals surface area contributed by atoms with E-state index in [2.05, 4.69) is 71.8 Å². The first-order chi connectivity index (χ1) is 21.4. The lowest BCUT2D eigenvalue weighted by Gasteiger charge is -2.11. The molecule has 0 unspecified atom stereocenters. The van der Waals surface area contributed by atoms with Gasteiger partial charge in [0.05, 0.1) is 6.61 Å². The average molecular weight is 639 g/mol. The first-order valence-corrected chi connectivity index (χ1v) is 19.4. The number of ketones is 1. The van der Waals surface area contributed by atoms with E-state index in [0.717, 1.165) is 56.4 Å². The minimum Gasteiger partial charge on any atom is -0.477 e. The zero-order valence-electron chi connectivity index (χ0n) is 31.2. The molecule has 1 saturated carbocycles. The molecule has 44 heavy (non-hydrogen) atoms. The van der Waals surface area contributed by atoms with Crippen LogP contribution in [0, 0.1) is 17.2 Å². The lowest BCUT2D eigenvalue weighted by Crippen LogP contribution is -2.19. The molecule has 1 aliphatic carbocycles. The van der Waals surface area contributed by atoms with Crippen molar-refractivity contribution in [3.8, 4) is 0 Å². The summed E-state index contributed by atoms with van der Waals surface area (Å²) < 4.78 is 9.39. The Balaban J connectivity index is -0.000000617. The summed E-state index contributed by atoms with van der Waals surface area (Å²) in [6.07, 6.45) is 29.1. The van der Waals surface area contributed by atoms with Crippen molar-refractivity contribution in [1.82, 2.24) is 0 Å². The predicted octanol–water partition coefficient (Wildman–Crippen LogP) is 13.7. The Labute approximate surface area is 282 Å². The van der Waals surface area contributed by atoms with E-state index in [-0.39, 0.29) is 5.90 Å². The van der Waals surface area contributed by atoms with Crippen LogP contribution in [0.2, 0.25) is 0 Å². The number of rotatable bonds is 24. The molecule has 5 heteroatoms. The van der Waals surface area contributed by atoms with Gasteiger partial charge in [0.1, 0.15) is 11.5 Å². The van der Waals surface area contributed by atoms with Gasteiger partial charge in [-0.1, -0.05) is 165 Å². The smallest absolute Gasteiger partial charge is 0.233 e. The third-order valence-corrected chi connectivity index (χ3v) is 8.33. The zero-order chi connectivity index (χ0) is 33.8. The quantitative estimate of drug-likeness (QED) is 0.0478. The van der Waals surface area contributed by atoms with Gasteiger partial charge in [-0.05, 0) is 62.8 Å². The molecule has 0 aliphatic heterocycles. The zero-order valence-corrected chi connectivity index (χ0v) is 32.1. The van der Waals surface area contributed by atoms with Crippen LogP contribution in [0.15, 0.2) is 16.0 Å². The molecule has 4 nitrogen and oxygen atoms in total. The summed E-state index contributed by atoms with van der Waals surface area (Å²) in [6, 6.07) is 0. The molecule has 1 fully saturated rings. The molecular formula is C39H78N2O2S. The molecule has 0 radical (unpaired) electrons. The van der Waals surface area contributed by atoms with Crippen molar-refractivity contribution in [2.24, 2.45) is 16.2 Å². The molecule has 0 saturated heterocycles. The summed E-state index contributed by atoms with van der Waals surface area (Å²) in [4.78, 5) is 11.4. The topological polar surface area (TPSA) is 62.5 Å². The molecule has 0 atom stereocenters. The highest BCUT2D eigenvalue weighted by Crippen LogP contribution is 2.31. The summed E-state index contributed by atoms with van der Waals surface area (Å²) in [5.41, 5.74) is 1.63. The average Bonchev–Trinajstić information content (AvgIpc) is 3.91. The number of allylic oxidation sites excluding steroid dienone is 1. The Morgan fingerprint density at radius 1 is 0.795 bits per heavy atom. The number of thiol groups is 1. The van der Waals surface area contributed by atoms with Crippen molar-refractivity contribution in [3.05, 3.63) is 11.6 Å². The second kappa shape index (κ2) is 38.1. The van der Waals surface area contributed by atoms with Gasteiger partial charge in [-0.25, -0.2) is 4.40 Å². The van der Waals surface area contributed by atoms with Gasteiger partial charge in [-0.3, -0.25) is 10.2 Å². The summed E-state index contributed by atoms with van der Waals surface area (Å²) in [6.45, 7) is 20.0. The van der Waals surface area contributed by atoms with Crippen molar-refractivity contribution in [2.45, 2.75) is 204 Å². The van der Waals surface area contributed by atoms with Gasteiger partial charge >= 0.3 is 0 Å². The van der Waals surface area contributed by atoms with Crippen LogP contribution in [0.1, 0.15) is 204 Å². The van der Waals surface area contributed by atoms with E-state index in [0.29, 0.717) is 24.0 Å². The first kappa shape index (κ1) is 47.3. The maximum atomic E-state index is 11.4. The summed E-state index contributed by atoms with van der Waals surface area (Å²) in [7, 11) is 0. The van der Waals surface area contributed by atoms with E-state index in [9.17, 15) is 4.79 Å². The fraction of sp³-hybridized carbons (Fsp3) is 0.872. The van der Waals surface area contributed by atoms with E-state index >= 15 is 0 Å². The minimum atomic E-state index is 0.149. The van der Waals surface area contributed by atoms with Crippen molar-refractivity contribution in [1.29, 1.82) is 5.41 Å². The fourth-order valence-corrected chi connectivity index (χ4v) is 4.66. The van der Waals surface area contributed by atoms with Crippen LogP contribution in [-0.4, -0.2) is 24.0 Å². The lowest BCUT2D eigenvalue weighted by atomic mass is 10.0. The number of nitrogens with one attached hydrogen (secondary N) is 1. The number of Topliss-reactive ketones (excluding diaryl/α,β-unsaturated/α-hetero) is 1. The largest absolute Gasteiger partial charge is 0.477 e. The molecule has 1 N–H and O–H groups in total. The molecule has 262 valence electrons. The number of ether oxygens (including phenoxy) is 1. The monoisotopic (exact) mass is 639 g/mol. The highest BCUT2D eigenvalue weighted by Gasteiger charge is 2.28. The first-order valence-electron chi connectivity index (χ1n) is 19.0. The Bertz CT molecular complexity index is 682. The van der Waals surface area contributed by atoms with Crippen LogP contribution in [0.3, 0.4) is 0 Å². The molecule has 0 aromatic rings. The second-order valence-electron chi connectivity index (χ2n) is 12.2. The molecule has 0 bridgehead atoms. The van der Waals surface area contributed by atoms with E-state index < -0.39 is 0 Å². The number of unbranched alkanes of at least 4 members (excludes halogenated alkanes) is 13. The Hall–Kier alpha value is -1.10. The fourth-order valence-electron chi connectivity index (χ4n) is 4.44. The molecule has 0 aromatic carbocycles. The molecule has 1 rings (SSSR count). The molecule has 0 spiro atoms. The molecule has 0 aromatic heterocycles. The predicted molar refractivity (Wildman–Crippen MR) is 203 cm³/mol. The maximum Gasteiger partial charge on any atom is 0.233 e. The minimum absolute atomic E-state index is 0.149. The number of nitrogens with zero attached hydrogens (tertiary/aromatic N) is 1. The van der Waals surface area contributed by atoms with Gasteiger partial charge in [-0.15, -0.1) is 0 Å². The third-order valence-electron chi connectivity index (χ3n) is 8.13. The van der Waals surface area contributed by atoms with Gasteiger partial charge < -0.3 is 4.74 Å². The summed E-state index contributed by atoms with van der Waals surface area (Å²) >= 11 is 3.98. The second-order valence-corrected chi connectivity index (χ2v) is 12.4. The lowest BCUT2D eigenvalue weighted by molar-refractivity contribution is -0.120. The molecule has 0 amide bonds. The van der Waals surface area contributed by atoms with Gasteiger partial charge in [0.2, 0.25) is 5.90 Å². The van der Waals surface area contributed by atoms with Crippen LogP contribution in [0.5, 0.6) is 0 Å². The Morgan fingerprint density at radius 2 is 1.27 bits per heavy atom. The normalized spacial score (nSPS) is 12.8. The highest BCUT2D eigenvalue weighted by atomic mass is 32.1. The molecular weight excluding hydrogens is 561 g/mol. The summed E-state index contributed by atoms with van der Waals surface area (Å²) in [5, 5.41) is 7.95. The standard InChI is InChI=1S/C16H30O.C15H28N2OS.C6H14.C2H6/c1-2-3-4-5-6-7-8-9-10-11-12-16(17)15-13-14-15;1-4-7-9-10-12-18-15(16)14(17-19)13(6-3)11-8-5-2;1-4-6(3)5-2;1-2/h15H,2-14H2,1H3;11,16,19H,4-10,12H2,1-3H3;6H,4-5H2,1-3H3;1-2H3/b;13-11+,16-15?,17-14-;;. The van der Waals surface area contributed by atoms with E-state index in [4.69, 9.17) is 10.1 Å². The van der Waals surface area contributed by atoms with Crippen LogP contribution in [0.4, 0.5) is 0 Å². The van der Waals surface area contributed by atoms with E-state index in [1.165, 1.54) is 96.3 Å². The van der Waals surface area contributed by atoms with Crippen LogP contribution < -0.4 is 0 Å². The van der Waals surface area contributed by atoms with Gasteiger partial charge in [0.15, 0.2) is 0 Å². The van der Waals surface area contributed by atoms with E-state index in [1.54, 1.807) is 0 Å². The van der Waals surface area contributed by atoms with Gasteiger partial charge in [-0.2, -0.15) is 0 Å². The number of carbonyl (C=O) groups excluding carboxylic acids is 1. The number of hydrogen-bond donors (Lipinski definition) is 2. The van der Waals surface area contributed by atoms with Crippen LogP contribution in [-0.2, 0) is 9.53 Å². The maximum absolute atomic E-state index is 11.4. The van der Waals surface area contributed by atoms with Crippen molar-refractivity contribution < 1.29 is 9.53 Å². The van der Waals surface area contributed by atoms with Crippen LogP contribution >= 0.6 is 12.8 Å². The van der Waals surface area contributed by atoms with Gasteiger partial charge in [0, 0.05) is 12.3 Å². The number of hydrogen-bond acceptors (Lipinski definition) is 5. The van der Waals surface area contributed by atoms with Gasteiger partial charge in [0.25, 0.3) is 0 Å². The molecule has 1 aliphatic rings. The Morgan fingerprint density at radius 3 is 1.66 bits per heavy atom. The van der Waals surface area contributed by atoms with Crippen molar-refractivity contribution in [3.63, 3.8) is 0 Å². The van der Waals surface area contributed by atoms with Crippen molar-refractivity contribution >= 4 is 30.2 Å². The highest BCUT2D eigenvalue weighted by molar-refractivity contribution is 7.79. The third kappa shape index (κ3) is 32.3. The summed E-state index contributed by atoms with van der Waals surface area (Å²) in [5.74, 6) is 2.11. The molecule has 0 heterocycles. The SMILES string of the molecule is CC.CCC(C)CC.CCC/C=C(CC)/C(=N/S)C(=N)OCCCCCC.CCCCCCCCCCCCC(=O)C1CC1. The van der Waals surface area contributed by atoms with Crippen molar-refractivity contribution in [2.75, 3.05) is 6.61 Å². The Kier molecular flexibility index (Phi) is 40.9.